The second-order valence-electron chi connectivity index (χ2n) is 5.22. The van der Waals surface area contributed by atoms with Gasteiger partial charge in [-0.3, -0.25) is 9.59 Å². The van der Waals surface area contributed by atoms with Crippen molar-refractivity contribution < 1.29 is 49.0 Å². The maximum Gasteiger partial charge on any atom is 1.00 e. The summed E-state index contributed by atoms with van der Waals surface area (Å²) >= 11 is 8.34. The van der Waals surface area contributed by atoms with E-state index in [0.29, 0.717) is 0 Å². The molecule has 3 heterocycles. The Morgan fingerprint density at radius 1 is 1.54 bits per heavy atom. The number of hydrogen-bond donors (Lipinski definition) is 2. The molecule has 2 aliphatic rings. The van der Waals surface area contributed by atoms with Crippen LogP contribution in [0.15, 0.2) is 17.8 Å². The number of β-lactam (4-membered cyclic amide) rings is 1. The first-order valence-electron chi connectivity index (χ1n) is 7.08. The van der Waals surface area contributed by atoms with Gasteiger partial charge in [0.1, 0.15) is 21.4 Å². The third-order valence-electron chi connectivity index (χ3n) is 3.72. The molecule has 3 N–H and O–H groups in total. The first kappa shape index (κ1) is 21.3. The quantitative estimate of drug-likeness (QED) is 0.297. The number of aromatic nitrogens is 1. The number of nitrogen functional groups attached to an aromatic ring is 1. The van der Waals surface area contributed by atoms with Crippen LogP contribution in [-0.4, -0.2) is 44.8 Å². The van der Waals surface area contributed by atoms with Gasteiger partial charge >= 0.3 is 29.6 Å². The van der Waals surface area contributed by atoms with Crippen LogP contribution >= 0.6 is 34.7 Å². The molecule has 26 heavy (non-hydrogen) atoms. The Morgan fingerprint density at radius 3 is 2.77 bits per heavy atom. The molecule has 3 rings (SSSR count). The number of allylic oxidation sites excluding steroid dienone is 1. The fourth-order valence-corrected chi connectivity index (χ4v) is 4.70. The molecular weight excluding hydrogens is 411 g/mol. The number of hydrogen-bond acceptors (Lipinski definition) is 8. The fourth-order valence-electron chi connectivity index (χ4n) is 2.50. The number of nitrogens with two attached hydrogens (primary N) is 1. The van der Waals surface area contributed by atoms with Gasteiger partial charge in [0.15, 0.2) is 5.13 Å². The molecule has 0 bridgehead atoms. The number of carbonyl (C=O) groups excluding carboxylic acids is 3. The van der Waals surface area contributed by atoms with Gasteiger partial charge in [-0.15, -0.1) is 11.8 Å². The standard InChI is InChI=1S/C14H13ClN4O4S2.Na/c1-2-6(7-9(15)25-14(16)18-7)10(20)17-8-11(21)19-3-5(13(22)23)4-24-12(8)19;/h2-3,8,12H,4H2,1H3,(H2,16,18)(H,17,20)(H,22,23);/q;+1/p-1/t8?,12-;/m1./s1. The molecule has 1 aromatic rings. The van der Waals surface area contributed by atoms with Gasteiger partial charge in [0.25, 0.3) is 11.8 Å². The van der Waals surface area contributed by atoms with Crippen LogP contribution in [0.2, 0.25) is 4.34 Å². The molecule has 0 radical (unpaired) electrons. The van der Waals surface area contributed by atoms with Gasteiger partial charge in [-0.2, -0.15) is 0 Å². The van der Waals surface area contributed by atoms with Crippen molar-refractivity contribution in [2.45, 2.75) is 18.3 Å². The summed E-state index contributed by atoms with van der Waals surface area (Å²) < 4.78 is 0.288. The Morgan fingerprint density at radius 2 is 2.23 bits per heavy atom. The minimum atomic E-state index is -1.31. The van der Waals surface area contributed by atoms with E-state index in [0.717, 1.165) is 11.3 Å². The number of thioether (sulfide) groups is 1. The number of fused-ring (bicyclic) bond motifs is 1. The van der Waals surface area contributed by atoms with Crippen molar-refractivity contribution in [1.82, 2.24) is 15.2 Å². The zero-order valence-electron chi connectivity index (χ0n) is 13.8. The molecule has 1 fully saturated rings. The van der Waals surface area contributed by atoms with E-state index in [4.69, 9.17) is 17.3 Å². The van der Waals surface area contributed by atoms with Crippen LogP contribution in [0.3, 0.4) is 0 Å². The van der Waals surface area contributed by atoms with Crippen molar-refractivity contribution in [2.24, 2.45) is 0 Å². The molecule has 0 saturated carbocycles. The van der Waals surface area contributed by atoms with Gasteiger partial charge < -0.3 is 25.9 Å². The van der Waals surface area contributed by atoms with Gasteiger partial charge in [0.05, 0.1) is 11.5 Å². The van der Waals surface area contributed by atoms with Gasteiger partial charge in [0, 0.05) is 17.5 Å². The number of carboxylic acid groups (broad SMARTS) is 1. The Labute approximate surface area is 184 Å². The first-order valence-corrected chi connectivity index (χ1v) is 9.33. The van der Waals surface area contributed by atoms with Crippen molar-refractivity contribution in [3.05, 3.63) is 27.9 Å². The Hall–Kier alpha value is -1.04. The zero-order valence-corrected chi connectivity index (χ0v) is 18.2. The molecule has 0 spiro atoms. The van der Waals surface area contributed by atoms with Crippen LogP contribution in [0.4, 0.5) is 5.13 Å². The maximum absolute atomic E-state index is 12.5. The summed E-state index contributed by atoms with van der Waals surface area (Å²) in [4.78, 5) is 40.9. The third kappa shape index (κ3) is 3.80. The van der Waals surface area contributed by atoms with E-state index in [9.17, 15) is 19.5 Å². The van der Waals surface area contributed by atoms with Gasteiger partial charge in [0.2, 0.25) is 0 Å². The number of carbonyl (C=O) groups is 3. The van der Waals surface area contributed by atoms with Gasteiger partial charge in [-0.1, -0.05) is 29.0 Å². The number of amides is 2. The van der Waals surface area contributed by atoms with Crippen LogP contribution in [0.25, 0.3) is 5.57 Å². The minimum absolute atomic E-state index is 0. The number of carboxylic acids is 1. The average Bonchev–Trinajstić information content (AvgIpc) is 2.90. The summed E-state index contributed by atoms with van der Waals surface area (Å²) in [6, 6.07) is -0.748. The Bertz CT molecular complexity index is 841. The van der Waals surface area contributed by atoms with Crippen molar-refractivity contribution in [3.63, 3.8) is 0 Å². The van der Waals surface area contributed by atoms with Crippen LogP contribution in [0.5, 0.6) is 0 Å². The molecule has 1 aromatic heterocycles. The molecule has 2 amide bonds. The number of anilines is 1. The van der Waals surface area contributed by atoms with Crippen molar-refractivity contribution >= 4 is 63.2 Å². The minimum Gasteiger partial charge on any atom is -0.545 e. The van der Waals surface area contributed by atoms with E-state index in [1.165, 1.54) is 22.9 Å². The molecule has 0 aliphatic carbocycles. The number of nitrogens with one attached hydrogen (secondary N) is 1. The van der Waals surface area contributed by atoms with E-state index in [1.54, 1.807) is 13.0 Å². The molecule has 12 heteroatoms. The monoisotopic (exact) mass is 422 g/mol. The van der Waals surface area contributed by atoms with Gasteiger partial charge in [-0.05, 0) is 6.92 Å². The topological polar surface area (TPSA) is 128 Å². The molecule has 2 atom stereocenters. The maximum atomic E-state index is 12.5. The van der Waals surface area contributed by atoms with E-state index in [2.05, 4.69) is 10.3 Å². The van der Waals surface area contributed by atoms with E-state index in [-0.39, 0.29) is 72.9 Å². The van der Waals surface area contributed by atoms with Crippen molar-refractivity contribution in [3.8, 4) is 0 Å². The largest absolute Gasteiger partial charge is 1.00 e. The third-order valence-corrected chi connectivity index (χ3v) is 6.13. The van der Waals surface area contributed by atoms with Crippen LogP contribution in [0.1, 0.15) is 12.6 Å². The summed E-state index contributed by atoms with van der Waals surface area (Å²) in [5.41, 5.74) is 6.12. The van der Waals surface area contributed by atoms with E-state index in [1.807, 2.05) is 0 Å². The predicted molar refractivity (Wildman–Crippen MR) is 93.3 cm³/mol. The normalized spacial score (nSPS) is 21.9. The molecular formula is C14H12ClN4NaO4S2. The summed E-state index contributed by atoms with van der Waals surface area (Å²) in [6.07, 6.45) is 2.80. The van der Waals surface area contributed by atoms with Crippen LogP contribution in [0, 0.1) is 0 Å². The number of rotatable bonds is 4. The Balaban J connectivity index is 0.00000243. The first-order chi connectivity index (χ1) is 11.8. The Kier molecular flexibility index (Phi) is 6.81. The summed E-state index contributed by atoms with van der Waals surface area (Å²) in [5, 5.41) is 13.4. The molecule has 132 valence electrons. The second-order valence-corrected chi connectivity index (χ2v) is 7.95. The average molecular weight is 423 g/mol. The smallest absolute Gasteiger partial charge is 0.545 e. The number of nitrogens with zero attached hydrogens (tertiary/aromatic N) is 2. The second kappa shape index (κ2) is 8.32. The van der Waals surface area contributed by atoms with Crippen LogP contribution in [-0.2, 0) is 14.4 Å². The zero-order chi connectivity index (χ0) is 18.3. The van der Waals surface area contributed by atoms with E-state index < -0.39 is 17.9 Å². The molecule has 0 aromatic carbocycles. The number of thiazole rings is 1. The summed E-state index contributed by atoms with van der Waals surface area (Å²) in [7, 11) is 0. The van der Waals surface area contributed by atoms with Crippen molar-refractivity contribution in [2.75, 3.05) is 11.5 Å². The number of aliphatic carboxylic acids is 1. The molecule has 2 aliphatic heterocycles. The van der Waals surface area contributed by atoms with Gasteiger partial charge in [-0.25, -0.2) is 4.98 Å². The van der Waals surface area contributed by atoms with E-state index >= 15 is 0 Å². The molecule has 1 saturated heterocycles. The molecule has 8 nitrogen and oxygen atoms in total. The van der Waals surface area contributed by atoms with Crippen LogP contribution < -0.4 is 45.7 Å². The predicted octanol–water partition coefficient (Wildman–Crippen LogP) is -3.18. The van der Waals surface area contributed by atoms with Crippen molar-refractivity contribution in [1.29, 1.82) is 0 Å². The summed E-state index contributed by atoms with van der Waals surface area (Å²) in [5.74, 6) is -1.99. The number of halogens is 1. The fraction of sp³-hybridized carbons (Fsp3) is 0.286. The SMILES string of the molecule is CC=C(C(=O)NC1C(=O)N2C=C(C(=O)[O-])CS[C@H]12)c1nc(N)sc1Cl.[Na+]. The molecule has 1 unspecified atom stereocenters. The summed E-state index contributed by atoms with van der Waals surface area (Å²) in [6.45, 7) is 1.65.